The molecule has 0 spiro atoms. The lowest BCUT2D eigenvalue weighted by Crippen LogP contribution is -2.25. The smallest absolute Gasteiger partial charge is 0.240 e. The summed E-state index contributed by atoms with van der Waals surface area (Å²) in [5, 5.41) is 2.93. The number of aromatic nitrogens is 2. The Morgan fingerprint density at radius 3 is 2.61 bits per heavy atom. The Kier molecular flexibility index (Phi) is 6.43. The van der Waals surface area contributed by atoms with Gasteiger partial charge in [-0.05, 0) is 49.7 Å². The van der Waals surface area contributed by atoms with Gasteiger partial charge in [0.1, 0.15) is 0 Å². The van der Waals surface area contributed by atoms with E-state index in [1.54, 1.807) is 24.3 Å². The van der Waals surface area contributed by atoms with Crippen molar-refractivity contribution in [2.45, 2.75) is 30.7 Å². The number of sulfonamides is 1. The van der Waals surface area contributed by atoms with Gasteiger partial charge in [0, 0.05) is 19.5 Å². The number of para-hydroxylation sites is 2. The molecule has 0 saturated carbocycles. The summed E-state index contributed by atoms with van der Waals surface area (Å²) in [4.78, 5) is 16.6. The second kappa shape index (κ2) is 8.99. The van der Waals surface area contributed by atoms with Crippen LogP contribution in [0, 0.1) is 0 Å². The molecule has 0 aliphatic rings. The number of benzene rings is 2. The number of imidazole rings is 1. The maximum Gasteiger partial charge on any atom is 0.240 e. The Hall–Kier alpha value is -2.71. The Morgan fingerprint density at radius 2 is 1.86 bits per heavy atom. The number of carbonyl (C=O) groups is 1. The van der Waals surface area contributed by atoms with E-state index in [9.17, 15) is 13.2 Å². The third kappa shape index (κ3) is 4.96. The van der Waals surface area contributed by atoms with Crippen molar-refractivity contribution in [3.63, 3.8) is 0 Å². The number of nitrogens with one attached hydrogen (secondary N) is 2. The van der Waals surface area contributed by atoms with Crippen LogP contribution in [0.4, 0.5) is 0 Å². The van der Waals surface area contributed by atoms with E-state index in [0.717, 1.165) is 29.6 Å². The molecule has 0 unspecified atom stereocenters. The van der Waals surface area contributed by atoms with Gasteiger partial charge in [-0.2, -0.15) is 0 Å². The highest BCUT2D eigenvalue weighted by Gasteiger charge is 2.10. The molecular formula is C20H24N4O3S. The fourth-order valence-electron chi connectivity index (χ4n) is 2.97. The van der Waals surface area contributed by atoms with Crippen LogP contribution in [0.25, 0.3) is 11.0 Å². The first-order valence-electron chi connectivity index (χ1n) is 9.18. The number of rotatable bonds is 9. The van der Waals surface area contributed by atoms with Crippen LogP contribution < -0.4 is 10.0 Å². The van der Waals surface area contributed by atoms with E-state index >= 15 is 0 Å². The van der Waals surface area contributed by atoms with E-state index in [0.29, 0.717) is 19.4 Å². The molecule has 0 aliphatic heterocycles. The maximum absolute atomic E-state index is 12.0. The minimum absolute atomic E-state index is 0.0117. The molecule has 0 bridgehead atoms. The van der Waals surface area contributed by atoms with E-state index in [1.807, 2.05) is 30.6 Å². The number of aryl methyl sites for hydroxylation is 2. The highest BCUT2D eigenvalue weighted by atomic mass is 32.2. The van der Waals surface area contributed by atoms with Gasteiger partial charge < -0.3 is 9.88 Å². The lowest BCUT2D eigenvalue weighted by molar-refractivity contribution is -0.121. The van der Waals surface area contributed by atoms with Gasteiger partial charge >= 0.3 is 0 Å². The maximum atomic E-state index is 12.0. The van der Waals surface area contributed by atoms with Crippen LogP contribution in [0.1, 0.15) is 18.4 Å². The highest BCUT2D eigenvalue weighted by Crippen LogP contribution is 2.13. The Bertz CT molecular complexity index is 1040. The predicted molar refractivity (Wildman–Crippen MR) is 108 cm³/mol. The van der Waals surface area contributed by atoms with Gasteiger partial charge in [-0.25, -0.2) is 18.1 Å². The highest BCUT2D eigenvalue weighted by molar-refractivity contribution is 7.89. The lowest BCUT2D eigenvalue weighted by atomic mass is 10.1. The Balaban J connectivity index is 1.40. The van der Waals surface area contributed by atoms with Crippen LogP contribution >= 0.6 is 0 Å². The molecule has 1 amide bonds. The molecule has 7 nitrogen and oxygen atoms in total. The molecule has 8 heteroatoms. The fraction of sp³-hybridized carbons (Fsp3) is 0.300. The zero-order valence-corrected chi connectivity index (χ0v) is 16.6. The summed E-state index contributed by atoms with van der Waals surface area (Å²) >= 11 is 0. The Morgan fingerprint density at radius 1 is 1.11 bits per heavy atom. The second-order valence-corrected chi connectivity index (χ2v) is 8.37. The standard InChI is InChI=1S/C20H24N4O3S/c1-21-28(26,27)17-10-7-16(8-11-17)9-12-20(25)22-13-4-14-24-15-23-18-5-2-3-6-19(18)24/h2-3,5-8,10-11,15,21H,4,9,12-14H2,1H3,(H,22,25). The van der Waals surface area contributed by atoms with Crippen molar-refractivity contribution < 1.29 is 13.2 Å². The van der Waals surface area contributed by atoms with E-state index < -0.39 is 10.0 Å². The molecule has 1 aromatic heterocycles. The zero-order valence-electron chi connectivity index (χ0n) is 15.8. The number of hydrogen-bond acceptors (Lipinski definition) is 4. The van der Waals surface area contributed by atoms with Crippen molar-refractivity contribution in [3.8, 4) is 0 Å². The molecule has 0 saturated heterocycles. The van der Waals surface area contributed by atoms with Gasteiger partial charge in [0.25, 0.3) is 0 Å². The van der Waals surface area contributed by atoms with E-state index in [2.05, 4.69) is 19.6 Å². The molecular weight excluding hydrogens is 376 g/mol. The lowest BCUT2D eigenvalue weighted by Gasteiger charge is -2.07. The molecule has 2 N–H and O–H groups in total. The molecule has 0 aliphatic carbocycles. The second-order valence-electron chi connectivity index (χ2n) is 6.48. The minimum Gasteiger partial charge on any atom is -0.356 e. The summed E-state index contributed by atoms with van der Waals surface area (Å²) in [5.41, 5.74) is 2.99. The topological polar surface area (TPSA) is 93.1 Å². The van der Waals surface area contributed by atoms with Crippen LogP contribution in [-0.4, -0.2) is 37.5 Å². The third-order valence-corrected chi connectivity index (χ3v) is 6.00. The largest absolute Gasteiger partial charge is 0.356 e. The number of hydrogen-bond donors (Lipinski definition) is 2. The third-order valence-electron chi connectivity index (χ3n) is 4.57. The SMILES string of the molecule is CNS(=O)(=O)c1ccc(CCC(=O)NCCCn2cnc3ccccc32)cc1. The van der Waals surface area contributed by atoms with Gasteiger partial charge in [-0.1, -0.05) is 24.3 Å². The van der Waals surface area contributed by atoms with E-state index in [-0.39, 0.29) is 10.8 Å². The molecule has 2 aromatic carbocycles. The van der Waals surface area contributed by atoms with Gasteiger partial charge in [0.2, 0.25) is 15.9 Å². The predicted octanol–water partition coefficient (Wildman–Crippen LogP) is 2.08. The minimum atomic E-state index is -3.43. The summed E-state index contributed by atoms with van der Waals surface area (Å²) < 4.78 is 27.8. The molecule has 1 heterocycles. The van der Waals surface area contributed by atoms with Crippen LogP contribution in [0.15, 0.2) is 59.8 Å². The Labute approximate surface area is 164 Å². The van der Waals surface area contributed by atoms with Crippen LogP contribution in [0.3, 0.4) is 0 Å². The molecule has 148 valence electrons. The van der Waals surface area contributed by atoms with E-state index in [4.69, 9.17) is 0 Å². The van der Waals surface area contributed by atoms with Gasteiger partial charge in [0.05, 0.1) is 22.3 Å². The van der Waals surface area contributed by atoms with Crippen molar-refractivity contribution in [1.82, 2.24) is 19.6 Å². The van der Waals surface area contributed by atoms with Crippen molar-refractivity contribution in [1.29, 1.82) is 0 Å². The quantitative estimate of drug-likeness (QED) is 0.538. The average Bonchev–Trinajstić information content (AvgIpc) is 3.13. The first-order valence-corrected chi connectivity index (χ1v) is 10.7. The number of carbonyl (C=O) groups excluding carboxylic acids is 1. The summed E-state index contributed by atoms with van der Waals surface area (Å²) in [6.07, 6.45) is 3.58. The normalized spacial score (nSPS) is 11.6. The average molecular weight is 401 g/mol. The van der Waals surface area contributed by atoms with Crippen LogP contribution in [0.2, 0.25) is 0 Å². The molecule has 0 atom stereocenters. The van der Waals surface area contributed by atoms with Gasteiger partial charge in [0.15, 0.2) is 0 Å². The van der Waals surface area contributed by atoms with Crippen molar-refractivity contribution in [2.24, 2.45) is 0 Å². The molecule has 3 aromatic rings. The van der Waals surface area contributed by atoms with Gasteiger partial charge in [-0.3, -0.25) is 4.79 Å². The number of amides is 1. The molecule has 0 radical (unpaired) electrons. The van der Waals surface area contributed by atoms with Gasteiger partial charge in [-0.15, -0.1) is 0 Å². The van der Waals surface area contributed by atoms with Crippen LogP contribution in [0.5, 0.6) is 0 Å². The molecule has 3 rings (SSSR count). The van der Waals surface area contributed by atoms with E-state index in [1.165, 1.54) is 7.05 Å². The monoisotopic (exact) mass is 400 g/mol. The summed E-state index contributed by atoms with van der Waals surface area (Å²) in [6, 6.07) is 14.5. The fourth-order valence-corrected chi connectivity index (χ4v) is 3.70. The number of nitrogens with zero attached hydrogens (tertiary/aromatic N) is 2. The van der Waals surface area contributed by atoms with Crippen molar-refractivity contribution in [2.75, 3.05) is 13.6 Å². The first kappa shape index (κ1) is 20.0. The summed E-state index contributed by atoms with van der Waals surface area (Å²) in [7, 11) is -2.05. The molecule has 0 fully saturated rings. The first-order chi connectivity index (χ1) is 13.5. The zero-order chi connectivity index (χ0) is 20.0. The molecule has 28 heavy (non-hydrogen) atoms. The van der Waals surface area contributed by atoms with Crippen molar-refractivity contribution >= 4 is 27.0 Å². The summed E-state index contributed by atoms with van der Waals surface area (Å²) in [5.74, 6) is -0.0117. The van der Waals surface area contributed by atoms with Crippen molar-refractivity contribution in [3.05, 3.63) is 60.4 Å². The number of fused-ring (bicyclic) bond motifs is 1. The summed E-state index contributed by atoms with van der Waals surface area (Å²) in [6.45, 7) is 1.40. The van der Waals surface area contributed by atoms with Crippen LogP contribution in [-0.2, 0) is 27.8 Å².